The molecule has 4 aromatic rings. The molecule has 0 fully saturated rings. The number of nitrogens with one attached hydrogen (secondary N) is 3. The Kier molecular flexibility index (Phi) is 7.35. The van der Waals surface area contributed by atoms with E-state index >= 15 is 0 Å². The molecular weight excluding hydrogens is 481 g/mol. The van der Waals surface area contributed by atoms with Crippen molar-refractivity contribution in [2.24, 2.45) is 0 Å². The monoisotopic (exact) mass is 507 g/mol. The number of rotatable bonds is 9. The fourth-order valence-electron chi connectivity index (χ4n) is 3.36. The molecule has 0 bridgehead atoms. The fraction of sp³-hybridized carbons (Fsp3) is 0.154. The van der Waals surface area contributed by atoms with Crippen LogP contribution in [0.5, 0.6) is 5.75 Å². The number of sulfonamides is 1. The summed E-state index contributed by atoms with van der Waals surface area (Å²) in [5, 5.41) is 6.39. The van der Waals surface area contributed by atoms with Crippen LogP contribution in [-0.4, -0.2) is 25.0 Å². The van der Waals surface area contributed by atoms with Gasteiger partial charge in [0.05, 0.1) is 11.5 Å². The van der Waals surface area contributed by atoms with E-state index in [0.29, 0.717) is 23.1 Å². The first-order chi connectivity index (χ1) is 17.2. The van der Waals surface area contributed by atoms with Crippen molar-refractivity contribution in [1.82, 2.24) is 9.97 Å². The van der Waals surface area contributed by atoms with Crippen LogP contribution in [0.25, 0.3) is 0 Å². The quantitative estimate of drug-likeness (QED) is 0.258. The van der Waals surface area contributed by atoms with Crippen LogP contribution in [0.3, 0.4) is 0 Å². The highest BCUT2D eigenvalue weighted by atomic mass is 32.2. The van der Waals surface area contributed by atoms with E-state index in [1.807, 2.05) is 38.1 Å². The number of aromatic nitrogens is 2. The molecule has 186 valence electrons. The zero-order valence-corrected chi connectivity index (χ0v) is 20.9. The van der Waals surface area contributed by atoms with Gasteiger partial charge in [-0.3, -0.25) is 4.72 Å². The SMILES string of the molecule is CCOc1ccc(S(=O)(=O)Nc2ccc(Nc3cc(C)nc(Nc4ccc(C)cc4)n3)cc2)cc1F. The maximum Gasteiger partial charge on any atom is 0.262 e. The summed E-state index contributed by atoms with van der Waals surface area (Å²) in [5.41, 5.74) is 3.83. The molecule has 0 unspecified atom stereocenters. The van der Waals surface area contributed by atoms with Gasteiger partial charge in [-0.25, -0.2) is 17.8 Å². The number of ether oxygens (including phenoxy) is 1. The van der Waals surface area contributed by atoms with E-state index < -0.39 is 15.8 Å². The van der Waals surface area contributed by atoms with Crippen LogP contribution < -0.4 is 20.1 Å². The molecule has 36 heavy (non-hydrogen) atoms. The van der Waals surface area contributed by atoms with Crippen molar-refractivity contribution in [3.8, 4) is 5.75 Å². The average molecular weight is 508 g/mol. The van der Waals surface area contributed by atoms with Crippen molar-refractivity contribution >= 4 is 38.9 Å². The Labute approximate surface area is 209 Å². The van der Waals surface area contributed by atoms with Gasteiger partial charge in [-0.2, -0.15) is 4.98 Å². The lowest BCUT2D eigenvalue weighted by atomic mass is 10.2. The lowest BCUT2D eigenvalue weighted by molar-refractivity contribution is 0.321. The Morgan fingerprint density at radius 3 is 2.14 bits per heavy atom. The molecular formula is C26H26FN5O3S. The molecule has 4 rings (SSSR count). The molecule has 10 heteroatoms. The zero-order valence-electron chi connectivity index (χ0n) is 20.0. The first-order valence-electron chi connectivity index (χ1n) is 11.2. The van der Waals surface area contributed by atoms with Gasteiger partial charge in [-0.15, -0.1) is 0 Å². The minimum atomic E-state index is -3.98. The first-order valence-corrected chi connectivity index (χ1v) is 12.7. The Balaban J connectivity index is 1.45. The Hall–Kier alpha value is -4.18. The lowest BCUT2D eigenvalue weighted by Crippen LogP contribution is -2.13. The predicted octanol–water partition coefficient (Wildman–Crippen LogP) is 5.92. The molecule has 0 radical (unpaired) electrons. The van der Waals surface area contributed by atoms with Crippen LogP contribution >= 0.6 is 0 Å². The summed E-state index contributed by atoms with van der Waals surface area (Å²) in [7, 11) is -3.98. The molecule has 0 aliphatic carbocycles. The third-order valence-corrected chi connectivity index (χ3v) is 6.46. The highest BCUT2D eigenvalue weighted by Gasteiger charge is 2.17. The second kappa shape index (κ2) is 10.6. The maximum absolute atomic E-state index is 14.1. The number of nitrogens with zero attached hydrogens (tertiary/aromatic N) is 2. The molecule has 1 aromatic heterocycles. The number of aryl methyl sites for hydroxylation is 2. The van der Waals surface area contributed by atoms with Crippen LogP contribution in [-0.2, 0) is 10.0 Å². The highest BCUT2D eigenvalue weighted by Crippen LogP contribution is 2.25. The first kappa shape index (κ1) is 24.9. The Bertz CT molecular complexity index is 1460. The van der Waals surface area contributed by atoms with E-state index in [2.05, 4.69) is 25.3 Å². The topological polar surface area (TPSA) is 105 Å². The van der Waals surface area contributed by atoms with Crippen molar-refractivity contribution < 1.29 is 17.5 Å². The number of anilines is 5. The molecule has 0 saturated heterocycles. The van der Waals surface area contributed by atoms with E-state index in [9.17, 15) is 12.8 Å². The molecule has 1 heterocycles. The van der Waals surface area contributed by atoms with Gasteiger partial charge in [0.2, 0.25) is 5.95 Å². The lowest BCUT2D eigenvalue weighted by Gasteiger charge is -2.12. The summed E-state index contributed by atoms with van der Waals surface area (Å²) in [4.78, 5) is 8.73. The predicted molar refractivity (Wildman–Crippen MR) is 139 cm³/mol. The van der Waals surface area contributed by atoms with Crippen LogP contribution in [0, 0.1) is 19.7 Å². The van der Waals surface area contributed by atoms with Gasteiger partial charge in [0.25, 0.3) is 10.0 Å². The second-order valence-electron chi connectivity index (χ2n) is 8.04. The smallest absolute Gasteiger partial charge is 0.262 e. The number of hydrogen-bond acceptors (Lipinski definition) is 7. The second-order valence-corrected chi connectivity index (χ2v) is 9.72. The molecule has 0 aliphatic rings. The van der Waals surface area contributed by atoms with Crippen molar-refractivity contribution in [3.63, 3.8) is 0 Å². The average Bonchev–Trinajstić information content (AvgIpc) is 2.83. The van der Waals surface area contributed by atoms with Gasteiger partial charge in [0, 0.05) is 28.8 Å². The van der Waals surface area contributed by atoms with Crippen molar-refractivity contribution in [2.75, 3.05) is 22.0 Å². The molecule has 3 N–H and O–H groups in total. The van der Waals surface area contributed by atoms with Crippen molar-refractivity contribution in [3.05, 3.63) is 89.9 Å². The Morgan fingerprint density at radius 2 is 1.47 bits per heavy atom. The minimum absolute atomic E-state index is 0.00376. The largest absolute Gasteiger partial charge is 0.491 e. The normalized spacial score (nSPS) is 11.1. The number of hydrogen-bond donors (Lipinski definition) is 3. The highest BCUT2D eigenvalue weighted by molar-refractivity contribution is 7.92. The van der Waals surface area contributed by atoms with Crippen LogP contribution in [0.15, 0.2) is 77.7 Å². The Morgan fingerprint density at radius 1 is 0.833 bits per heavy atom. The standard InChI is InChI=1S/C26H26FN5O3S/c1-4-35-24-14-13-22(16-23(24)27)36(33,34)32-21-11-9-19(10-12-21)29-25-15-18(3)28-26(31-25)30-20-7-5-17(2)6-8-20/h5-16,32H,4H2,1-3H3,(H2,28,29,30,31). The van der Waals surface area contributed by atoms with Gasteiger partial charge >= 0.3 is 0 Å². The molecule has 0 saturated carbocycles. The van der Waals surface area contributed by atoms with Crippen molar-refractivity contribution in [2.45, 2.75) is 25.7 Å². The van der Waals surface area contributed by atoms with Crippen LogP contribution in [0.4, 0.5) is 33.2 Å². The van der Waals surface area contributed by atoms with E-state index in [4.69, 9.17) is 4.74 Å². The summed E-state index contributed by atoms with van der Waals surface area (Å²) < 4.78 is 47.1. The van der Waals surface area contributed by atoms with Gasteiger partial charge in [-0.05, 0) is 75.4 Å². The van der Waals surface area contributed by atoms with Gasteiger partial charge in [0.15, 0.2) is 11.6 Å². The van der Waals surface area contributed by atoms with E-state index in [0.717, 1.165) is 23.0 Å². The van der Waals surface area contributed by atoms with Gasteiger partial charge in [-0.1, -0.05) is 17.7 Å². The summed E-state index contributed by atoms with van der Waals surface area (Å²) in [6, 6.07) is 19.9. The van der Waals surface area contributed by atoms with Crippen LogP contribution in [0.1, 0.15) is 18.2 Å². The van der Waals surface area contributed by atoms with E-state index in [1.165, 1.54) is 12.1 Å². The molecule has 0 atom stereocenters. The molecule has 8 nitrogen and oxygen atoms in total. The number of benzene rings is 3. The molecule has 0 amide bonds. The minimum Gasteiger partial charge on any atom is -0.491 e. The van der Waals surface area contributed by atoms with Crippen molar-refractivity contribution in [1.29, 1.82) is 0 Å². The third kappa shape index (κ3) is 6.28. The molecule has 0 aliphatic heterocycles. The maximum atomic E-state index is 14.1. The summed E-state index contributed by atoms with van der Waals surface area (Å²) in [5.74, 6) is 0.295. The van der Waals surface area contributed by atoms with E-state index in [1.54, 1.807) is 37.3 Å². The molecule has 3 aromatic carbocycles. The van der Waals surface area contributed by atoms with E-state index in [-0.39, 0.29) is 17.3 Å². The summed E-state index contributed by atoms with van der Waals surface area (Å²) in [6.45, 7) is 5.89. The number of halogens is 1. The van der Waals surface area contributed by atoms with Crippen LogP contribution in [0.2, 0.25) is 0 Å². The summed E-state index contributed by atoms with van der Waals surface area (Å²) >= 11 is 0. The fourth-order valence-corrected chi connectivity index (χ4v) is 4.43. The van der Waals surface area contributed by atoms with Gasteiger partial charge < -0.3 is 15.4 Å². The van der Waals surface area contributed by atoms with Gasteiger partial charge in [0.1, 0.15) is 5.82 Å². The summed E-state index contributed by atoms with van der Waals surface area (Å²) in [6.07, 6.45) is 0. The zero-order chi connectivity index (χ0) is 25.7. The molecule has 0 spiro atoms. The third-order valence-electron chi connectivity index (χ3n) is 5.08.